The third-order valence-corrected chi connectivity index (χ3v) is 3.11. The molecule has 0 aliphatic rings. The molecule has 1 N–H and O–H groups in total. The van der Waals surface area contributed by atoms with Gasteiger partial charge in [-0.15, -0.1) is 0 Å². The summed E-state index contributed by atoms with van der Waals surface area (Å²) in [6.07, 6.45) is 0. The molecular weight excluding hydrogens is 298 g/mol. The maximum absolute atomic E-state index is 11.2. The lowest BCUT2D eigenvalue weighted by molar-refractivity contribution is 0.0697. The maximum Gasteiger partial charge on any atom is 0.337 e. The van der Waals surface area contributed by atoms with Gasteiger partial charge in [0, 0.05) is 24.2 Å². The summed E-state index contributed by atoms with van der Waals surface area (Å²) in [4.78, 5) is 13.3. The first-order chi connectivity index (χ1) is 8.60. The summed E-state index contributed by atoms with van der Waals surface area (Å²) in [5.41, 5.74) is 1.04. The third kappa shape index (κ3) is 3.99. The molecule has 4 nitrogen and oxygen atoms in total. The molecule has 0 saturated carbocycles. The smallest absolute Gasteiger partial charge is 0.337 e. The molecule has 100 valence electrons. The molecule has 0 aliphatic carbocycles. The zero-order valence-corrected chi connectivity index (χ0v) is 12.2. The molecule has 18 heavy (non-hydrogen) atoms. The number of hydrogen-bond donors (Lipinski definition) is 1. The number of halogens is 1. The first-order valence-electron chi connectivity index (χ1n) is 5.95. The number of carbonyl (C=O) groups is 1. The van der Waals surface area contributed by atoms with E-state index in [2.05, 4.69) is 15.9 Å². The van der Waals surface area contributed by atoms with Gasteiger partial charge in [-0.25, -0.2) is 4.79 Å². The number of anilines is 1. The largest absolute Gasteiger partial charge is 0.478 e. The van der Waals surface area contributed by atoms with Crippen LogP contribution in [0.3, 0.4) is 0 Å². The molecule has 0 heterocycles. The van der Waals surface area contributed by atoms with Gasteiger partial charge in [-0.2, -0.15) is 0 Å². The fourth-order valence-electron chi connectivity index (χ4n) is 1.72. The highest BCUT2D eigenvalue weighted by Gasteiger charge is 2.15. The monoisotopic (exact) mass is 315 g/mol. The number of carboxylic acids is 1. The summed E-state index contributed by atoms with van der Waals surface area (Å²) in [7, 11) is 0. The van der Waals surface area contributed by atoms with E-state index in [0.29, 0.717) is 25.3 Å². The van der Waals surface area contributed by atoms with Crippen LogP contribution in [0.15, 0.2) is 22.7 Å². The highest BCUT2D eigenvalue weighted by Crippen LogP contribution is 2.24. The number of nitrogens with zero attached hydrogens (tertiary/aromatic N) is 1. The molecule has 5 heteroatoms. The van der Waals surface area contributed by atoms with Crippen LogP contribution in [0.1, 0.15) is 24.2 Å². The van der Waals surface area contributed by atoms with Crippen molar-refractivity contribution >= 4 is 27.6 Å². The number of likely N-dealkylation sites (N-methyl/N-ethyl adjacent to an activating group) is 1. The fourth-order valence-corrected chi connectivity index (χ4v) is 2.08. The Labute approximate surface area is 116 Å². The van der Waals surface area contributed by atoms with Crippen molar-refractivity contribution in [3.63, 3.8) is 0 Å². The molecule has 0 bridgehead atoms. The van der Waals surface area contributed by atoms with Crippen molar-refractivity contribution < 1.29 is 14.6 Å². The topological polar surface area (TPSA) is 49.8 Å². The maximum atomic E-state index is 11.2. The molecule has 0 aliphatic heterocycles. The number of carboxylic acid groups (broad SMARTS) is 1. The van der Waals surface area contributed by atoms with Crippen molar-refractivity contribution in [3.05, 3.63) is 28.2 Å². The highest BCUT2D eigenvalue weighted by atomic mass is 79.9. The Hall–Kier alpha value is -1.07. The molecule has 0 saturated heterocycles. The first kappa shape index (κ1) is 15.0. The van der Waals surface area contributed by atoms with E-state index < -0.39 is 5.97 Å². The highest BCUT2D eigenvalue weighted by molar-refractivity contribution is 9.10. The van der Waals surface area contributed by atoms with Crippen LogP contribution >= 0.6 is 15.9 Å². The average Bonchev–Trinajstić information content (AvgIpc) is 2.35. The Morgan fingerprint density at radius 2 is 2.17 bits per heavy atom. The van der Waals surface area contributed by atoms with Gasteiger partial charge in [0.2, 0.25) is 0 Å². The molecule has 1 aromatic carbocycles. The molecule has 0 aromatic heterocycles. The van der Waals surface area contributed by atoms with Crippen molar-refractivity contribution in [3.8, 4) is 0 Å². The minimum absolute atomic E-state index is 0.308. The fraction of sp³-hybridized carbons (Fsp3) is 0.462. The van der Waals surface area contributed by atoms with Crippen molar-refractivity contribution in [2.75, 3.05) is 31.2 Å². The third-order valence-electron chi connectivity index (χ3n) is 2.62. The first-order valence-corrected chi connectivity index (χ1v) is 6.75. The summed E-state index contributed by atoms with van der Waals surface area (Å²) in [5.74, 6) is -0.916. The number of benzene rings is 1. The zero-order valence-electron chi connectivity index (χ0n) is 10.6. The van der Waals surface area contributed by atoms with E-state index in [-0.39, 0.29) is 0 Å². The van der Waals surface area contributed by atoms with Crippen LogP contribution in [0.2, 0.25) is 0 Å². The average molecular weight is 316 g/mol. The SMILES string of the molecule is CCOCCN(CC)c1ccc(Br)cc1C(=O)O. The van der Waals surface area contributed by atoms with E-state index in [4.69, 9.17) is 4.74 Å². The van der Waals surface area contributed by atoms with Gasteiger partial charge >= 0.3 is 5.97 Å². The summed E-state index contributed by atoms with van der Waals surface area (Å²) < 4.78 is 6.08. The van der Waals surface area contributed by atoms with Gasteiger partial charge in [0.1, 0.15) is 0 Å². The molecule has 1 rings (SSSR count). The molecule has 0 fully saturated rings. The lowest BCUT2D eigenvalue weighted by Crippen LogP contribution is -2.28. The van der Waals surface area contributed by atoms with Gasteiger partial charge < -0.3 is 14.7 Å². The molecular formula is C13H18BrNO3. The van der Waals surface area contributed by atoms with Crippen LogP contribution in [0.25, 0.3) is 0 Å². The molecule has 1 aromatic rings. The Balaban J connectivity index is 2.93. The normalized spacial score (nSPS) is 10.4. The van der Waals surface area contributed by atoms with Crippen LogP contribution in [-0.2, 0) is 4.74 Å². The Kier molecular flexibility index (Phi) is 6.15. The van der Waals surface area contributed by atoms with Gasteiger partial charge in [0.25, 0.3) is 0 Å². The molecule has 0 radical (unpaired) electrons. The molecule has 0 spiro atoms. The summed E-state index contributed by atoms with van der Waals surface area (Å²) in [5, 5.41) is 9.23. The van der Waals surface area contributed by atoms with Gasteiger partial charge in [0.05, 0.1) is 17.9 Å². The summed E-state index contributed by atoms with van der Waals surface area (Å²) >= 11 is 3.29. The number of aromatic carboxylic acids is 1. The van der Waals surface area contributed by atoms with E-state index in [1.54, 1.807) is 6.07 Å². The van der Waals surface area contributed by atoms with Crippen molar-refractivity contribution in [1.82, 2.24) is 0 Å². The van der Waals surface area contributed by atoms with Crippen LogP contribution in [0, 0.1) is 0 Å². The van der Waals surface area contributed by atoms with E-state index in [1.807, 2.05) is 30.9 Å². The summed E-state index contributed by atoms with van der Waals surface area (Å²) in [6, 6.07) is 5.30. The quantitative estimate of drug-likeness (QED) is 0.786. The van der Waals surface area contributed by atoms with E-state index in [9.17, 15) is 9.90 Å². The number of hydrogen-bond acceptors (Lipinski definition) is 3. The minimum atomic E-state index is -0.916. The van der Waals surface area contributed by atoms with Crippen LogP contribution < -0.4 is 4.90 Å². The number of ether oxygens (including phenoxy) is 1. The lowest BCUT2D eigenvalue weighted by atomic mass is 10.1. The predicted octanol–water partition coefficient (Wildman–Crippen LogP) is 3.01. The van der Waals surface area contributed by atoms with Gasteiger partial charge in [-0.3, -0.25) is 0 Å². The second-order valence-corrected chi connectivity index (χ2v) is 4.66. The van der Waals surface area contributed by atoms with Crippen LogP contribution in [0.4, 0.5) is 5.69 Å². The lowest BCUT2D eigenvalue weighted by Gasteiger charge is -2.24. The van der Waals surface area contributed by atoms with E-state index in [1.165, 1.54) is 0 Å². The molecule has 0 unspecified atom stereocenters. The van der Waals surface area contributed by atoms with Crippen molar-refractivity contribution in [2.24, 2.45) is 0 Å². The van der Waals surface area contributed by atoms with Crippen molar-refractivity contribution in [1.29, 1.82) is 0 Å². The second kappa shape index (κ2) is 7.38. The zero-order chi connectivity index (χ0) is 13.5. The van der Waals surface area contributed by atoms with E-state index in [0.717, 1.165) is 16.7 Å². The second-order valence-electron chi connectivity index (χ2n) is 3.74. The van der Waals surface area contributed by atoms with Crippen molar-refractivity contribution in [2.45, 2.75) is 13.8 Å². The molecule has 0 amide bonds. The Morgan fingerprint density at radius 1 is 1.44 bits per heavy atom. The van der Waals surface area contributed by atoms with Gasteiger partial charge in [-0.05, 0) is 32.0 Å². The van der Waals surface area contributed by atoms with Gasteiger partial charge in [0.15, 0.2) is 0 Å². The summed E-state index contributed by atoms with van der Waals surface area (Å²) in [6.45, 7) is 6.64. The van der Waals surface area contributed by atoms with Gasteiger partial charge in [-0.1, -0.05) is 15.9 Å². The van der Waals surface area contributed by atoms with E-state index >= 15 is 0 Å². The van der Waals surface area contributed by atoms with Crippen LogP contribution in [0.5, 0.6) is 0 Å². The predicted molar refractivity (Wildman–Crippen MR) is 75.5 cm³/mol. The Bertz CT molecular complexity index is 409. The van der Waals surface area contributed by atoms with Crippen LogP contribution in [-0.4, -0.2) is 37.4 Å². The Morgan fingerprint density at radius 3 is 2.72 bits per heavy atom. The number of rotatable bonds is 7. The standard InChI is InChI=1S/C13H18BrNO3/c1-3-15(7-8-18-4-2)12-6-5-10(14)9-11(12)13(16)17/h5-6,9H,3-4,7-8H2,1-2H3,(H,16,17). The minimum Gasteiger partial charge on any atom is -0.478 e. The molecule has 0 atom stereocenters.